The summed E-state index contributed by atoms with van der Waals surface area (Å²) in [5.41, 5.74) is 1.44. The highest BCUT2D eigenvalue weighted by Crippen LogP contribution is 2.35. The molecule has 94 valence electrons. The molecular weight excluding hydrogens is 210 g/mol. The zero-order valence-electron chi connectivity index (χ0n) is 10.8. The van der Waals surface area contributed by atoms with Crippen molar-refractivity contribution in [3.05, 3.63) is 35.9 Å². The lowest BCUT2D eigenvalue weighted by atomic mass is 9.88. The van der Waals surface area contributed by atoms with Crippen molar-refractivity contribution >= 4 is 0 Å². The van der Waals surface area contributed by atoms with Gasteiger partial charge in [0.1, 0.15) is 0 Å². The van der Waals surface area contributed by atoms with Gasteiger partial charge in [0, 0.05) is 12.1 Å². The summed E-state index contributed by atoms with van der Waals surface area (Å²) in [7, 11) is 0. The highest BCUT2D eigenvalue weighted by Gasteiger charge is 2.41. The van der Waals surface area contributed by atoms with Crippen molar-refractivity contribution in [3.8, 4) is 0 Å². The van der Waals surface area contributed by atoms with Gasteiger partial charge in [0.2, 0.25) is 0 Å². The van der Waals surface area contributed by atoms with Gasteiger partial charge in [-0.3, -0.25) is 0 Å². The van der Waals surface area contributed by atoms with Gasteiger partial charge in [-0.15, -0.1) is 0 Å². The van der Waals surface area contributed by atoms with Gasteiger partial charge in [0.25, 0.3) is 0 Å². The van der Waals surface area contributed by atoms with Crippen LogP contribution in [0.25, 0.3) is 0 Å². The molecule has 1 aliphatic carbocycles. The Balaban J connectivity index is 1.99. The average molecular weight is 233 g/mol. The first-order valence-electron chi connectivity index (χ1n) is 6.58. The molecule has 0 bridgehead atoms. The van der Waals surface area contributed by atoms with E-state index in [1.807, 2.05) is 0 Å². The second kappa shape index (κ2) is 5.19. The van der Waals surface area contributed by atoms with Gasteiger partial charge in [-0.2, -0.15) is 0 Å². The Hall–Kier alpha value is -0.860. The minimum Gasteiger partial charge on any atom is -0.394 e. The van der Waals surface area contributed by atoms with Crippen LogP contribution in [0.15, 0.2) is 30.3 Å². The number of nitrogens with one attached hydrogen (secondary N) is 1. The molecule has 0 heterocycles. The molecule has 0 aliphatic heterocycles. The molecule has 1 fully saturated rings. The Morgan fingerprint density at radius 2 is 1.88 bits per heavy atom. The molecule has 2 rings (SSSR count). The monoisotopic (exact) mass is 233 g/mol. The lowest BCUT2D eigenvalue weighted by molar-refractivity contribution is 0.226. The summed E-state index contributed by atoms with van der Waals surface area (Å²) >= 11 is 0. The molecule has 1 atom stereocenters. The first-order chi connectivity index (χ1) is 8.17. The van der Waals surface area contributed by atoms with Crippen molar-refractivity contribution in [2.75, 3.05) is 13.2 Å². The third kappa shape index (κ3) is 3.08. The van der Waals surface area contributed by atoms with Crippen molar-refractivity contribution < 1.29 is 5.11 Å². The first-order valence-corrected chi connectivity index (χ1v) is 6.58. The van der Waals surface area contributed by atoms with E-state index in [9.17, 15) is 5.11 Å². The summed E-state index contributed by atoms with van der Waals surface area (Å²) in [6.07, 6.45) is 2.23. The van der Waals surface area contributed by atoms with E-state index in [1.165, 1.54) is 5.56 Å². The van der Waals surface area contributed by atoms with Crippen molar-refractivity contribution in [2.24, 2.45) is 5.92 Å². The molecule has 1 aromatic carbocycles. The maximum Gasteiger partial charge on any atom is 0.0613 e. The van der Waals surface area contributed by atoms with Gasteiger partial charge in [0.15, 0.2) is 0 Å². The van der Waals surface area contributed by atoms with Crippen LogP contribution in [0.5, 0.6) is 0 Å². The Kier molecular flexibility index (Phi) is 3.85. The lowest BCUT2D eigenvalue weighted by Crippen LogP contribution is -2.38. The van der Waals surface area contributed by atoms with Crippen LogP contribution in [0, 0.1) is 5.92 Å². The van der Waals surface area contributed by atoms with E-state index in [2.05, 4.69) is 49.5 Å². The predicted octanol–water partition coefficient (Wildman–Crippen LogP) is 2.54. The topological polar surface area (TPSA) is 32.3 Å². The van der Waals surface area contributed by atoms with Crippen LogP contribution >= 0.6 is 0 Å². The second-order valence-electron chi connectivity index (χ2n) is 5.58. The maximum atomic E-state index is 9.32. The third-order valence-corrected chi connectivity index (χ3v) is 3.89. The second-order valence-corrected chi connectivity index (χ2v) is 5.58. The lowest BCUT2D eigenvalue weighted by Gasteiger charge is -2.25. The van der Waals surface area contributed by atoms with Gasteiger partial charge in [-0.25, -0.2) is 0 Å². The standard InChI is InChI=1S/C15H23NO/c1-12(2)14(13-6-4-3-5-7-13)10-16-15(11-17)8-9-15/h3-7,12,14,16-17H,8-11H2,1-2H3. The molecule has 1 aromatic rings. The van der Waals surface area contributed by atoms with E-state index in [4.69, 9.17) is 0 Å². The number of benzene rings is 1. The molecule has 0 spiro atoms. The molecule has 0 aromatic heterocycles. The van der Waals surface area contributed by atoms with E-state index in [-0.39, 0.29) is 12.1 Å². The zero-order valence-corrected chi connectivity index (χ0v) is 10.8. The number of rotatable bonds is 6. The molecule has 2 heteroatoms. The van der Waals surface area contributed by atoms with Gasteiger partial charge >= 0.3 is 0 Å². The fraction of sp³-hybridized carbons (Fsp3) is 0.600. The van der Waals surface area contributed by atoms with Gasteiger partial charge in [-0.05, 0) is 30.2 Å². The van der Waals surface area contributed by atoms with Crippen molar-refractivity contribution in [2.45, 2.75) is 38.1 Å². The summed E-state index contributed by atoms with van der Waals surface area (Å²) in [5.74, 6) is 1.14. The van der Waals surface area contributed by atoms with Crippen molar-refractivity contribution in [3.63, 3.8) is 0 Å². The molecule has 1 aliphatic rings. The highest BCUT2D eigenvalue weighted by atomic mass is 16.3. The molecular formula is C15H23NO. The predicted molar refractivity (Wildman–Crippen MR) is 71.1 cm³/mol. The molecule has 1 unspecified atom stereocenters. The summed E-state index contributed by atoms with van der Waals surface area (Å²) in [6.45, 7) is 5.75. The van der Waals surface area contributed by atoms with E-state index in [0.717, 1.165) is 19.4 Å². The van der Waals surface area contributed by atoms with Crippen LogP contribution in [-0.4, -0.2) is 23.8 Å². The first kappa shape index (κ1) is 12.6. The largest absolute Gasteiger partial charge is 0.394 e. The highest BCUT2D eigenvalue weighted by molar-refractivity contribution is 5.21. The Labute approximate surface area is 104 Å². The van der Waals surface area contributed by atoms with Gasteiger partial charge < -0.3 is 10.4 Å². The summed E-state index contributed by atoms with van der Waals surface area (Å²) in [5, 5.41) is 12.9. The smallest absolute Gasteiger partial charge is 0.0613 e. The molecule has 0 amide bonds. The zero-order chi connectivity index (χ0) is 12.3. The van der Waals surface area contributed by atoms with Crippen LogP contribution in [0.2, 0.25) is 0 Å². The number of aliphatic hydroxyl groups is 1. The fourth-order valence-electron chi connectivity index (χ4n) is 2.31. The number of aliphatic hydroxyl groups excluding tert-OH is 1. The molecule has 2 N–H and O–H groups in total. The summed E-state index contributed by atoms with van der Waals surface area (Å²) in [6, 6.07) is 10.7. The minimum atomic E-state index is 0.0436. The maximum absolute atomic E-state index is 9.32. The van der Waals surface area contributed by atoms with Crippen LogP contribution < -0.4 is 5.32 Å². The van der Waals surface area contributed by atoms with Crippen LogP contribution in [0.3, 0.4) is 0 Å². The molecule has 0 radical (unpaired) electrons. The average Bonchev–Trinajstić information content (AvgIpc) is 3.11. The quantitative estimate of drug-likeness (QED) is 0.791. The van der Waals surface area contributed by atoms with Crippen LogP contribution in [0.4, 0.5) is 0 Å². The molecule has 17 heavy (non-hydrogen) atoms. The third-order valence-electron chi connectivity index (χ3n) is 3.89. The Morgan fingerprint density at radius 1 is 1.24 bits per heavy atom. The molecule has 0 saturated heterocycles. The van der Waals surface area contributed by atoms with E-state index in [1.54, 1.807) is 0 Å². The van der Waals surface area contributed by atoms with Crippen LogP contribution in [0.1, 0.15) is 38.2 Å². The van der Waals surface area contributed by atoms with Crippen molar-refractivity contribution in [1.29, 1.82) is 0 Å². The SMILES string of the molecule is CC(C)C(CNC1(CO)CC1)c1ccccc1. The Bertz CT molecular complexity index is 343. The van der Waals surface area contributed by atoms with Crippen molar-refractivity contribution in [1.82, 2.24) is 5.32 Å². The molecule has 1 saturated carbocycles. The van der Waals surface area contributed by atoms with Gasteiger partial charge in [-0.1, -0.05) is 44.2 Å². The summed E-state index contributed by atoms with van der Waals surface area (Å²) in [4.78, 5) is 0. The normalized spacial score (nSPS) is 19.3. The summed E-state index contributed by atoms with van der Waals surface area (Å²) < 4.78 is 0. The van der Waals surface area contributed by atoms with E-state index >= 15 is 0 Å². The molecule has 2 nitrogen and oxygen atoms in total. The number of hydrogen-bond donors (Lipinski definition) is 2. The van der Waals surface area contributed by atoms with E-state index < -0.39 is 0 Å². The van der Waals surface area contributed by atoms with E-state index in [0.29, 0.717) is 11.8 Å². The Morgan fingerprint density at radius 3 is 2.35 bits per heavy atom. The van der Waals surface area contributed by atoms with Crippen LogP contribution in [-0.2, 0) is 0 Å². The fourth-order valence-corrected chi connectivity index (χ4v) is 2.31. The minimum absolute atomic E-state index is 0.0436. The number of hydrogen-bond acceptors (Lipinski definition) is 2. The van der Waals surface area contributed by atoms with Gasteiger partial charge in [0.05, 0.1) is 6.61 Å².